The molecule has 2 amide bonds. The van der Waals surface area contributed by atoms with Crippen LogP contribution in [0.15, 0.2) is 78.9 Å². The smallest absolute Gasteiger partial charge is 0.367 e. The molecule has 1 fully saturated rings. The molecule has 0 bridgehead atoms. The fraction of sp³-hybridized carbons (Fsp3) is 0.345. The summed E-state index contributed by atoms with van der Waals surface area (Å²) < 4.78 is 86.4. The first-order valence-corrected chi connectivity index (χ1v) is 12.7. The highest BCUT2D eigenvalue weighted by Crippen LogP contribution is 2.39. The third kappa shape index (κ3) is 6.59. The fourth-order valence-corrected chi connectivity index (χ4v) is 5.17. The minimum absolute atomic E-state index is 0.0139. The number of hydrogen-bond acceptors (Lipinski definition) is 3. The van der Waals surface area contributed by atoms with Gasteiger partial charge in [-0.3, -0.25) is 0 Å². The van der Waals surface area contributed by atoms with Crippen LogP contribution in [0.3, 0.4) is 0 Å². The van der Waals surface area contributed by atoms with E-state index in [2.05, 4.69) is 15.5 Å². The van der Waals surface area contributed by atoms with Crippen LogP contribution < -0.4 is 10.6 Å². The van der Waals surface area contributed by atoms with Crippen molar-refractivity contribution in [3.8, 4) is 0 Å². The number of methoxy groups -OCH3 is 1. The maximum atomic E-state index is 13.4. The third-order valence-electron chi connectivity index (χ3n) is 7.01. The van der Waals surface area contributed by atoms with Crippen LogP contribution in [-0.4, -0.2) is 43.7 Å². The number of nitrogens with one attached hydrogen (secondary N) is 2. The maximum absolute atomic E-state index is 13.4. The zero-order valence-electron chi connectivity index (χ0n) is 21.6. The molecule has 4 rings (SSSR count). The van der Waals surface area contributed by atoms with E-state index < -0.39 is 46.8 Å². The standard InChI is InChI=1S/C29H29F6N3O2/c1-40-27(20-10-4-2-5-11-20,21-12-6-3-7-13-21)25(19-38-14-8-9-15-38)37-26(39)36-24-17-22(28(30,31)32)16-23(18-24)29(33,34)35/h2-7,10-13,16-18,25H,8-9,14-15,19H2,1H3,(H2,36,37,39)/t25-/m1/s1. The van der Waals surface area contributed by atoms with E-state index in [1.807, 2.05) is 60.7 Å². The number of carbonyl (C=O) groups is 1. The van der Waals surface area contributed by atoms with Gasteiger partial charge in [0.2, 0.25) is 0 Å². The molecule has 1 atom stereocenters. The summed E-state index contributed by atoms with van der Waals surface area (Å²) in [6, 6.07) is 17.5. The minimum Gasteiger partial charge on any atom is -0.367 e. The summed E-state index contributed by atoms with van der Waals surface area (Å²) in [5.41, 5.74) is -3.48. The first kappa shape index (κ1) is 29.4. The van der Waals surface area contributed by atoms with Crippen LogP contribution in [0.4, 0.5) is 36.8 Å². The average Bonchev–Trinajstić information content (AvgIpc) is 3.43. The maximum Gasteiger partial charge on any atom is 0.416 e. The Morgan fingerprint density at radius 3 is 1.70 bits per heavy atom. The number of ether oxygens (including phenoxy) is 1. The van der Waals surface area contributed by atoms with Crippen molar-refractivity contribution in [1.82, 2.24) is 10.2 Å². The highest BCUT2D eigenvalue weighted by molar-refractivity contribution is 5.90. The van der Waals surface area contributed by atoms with E-state index >= 15 is 0 Å². The molecule has 0 spiro atoms. The Morgan fingerprint density at radius 2 is 1.27 bits per heavy atom. The van der Waals surface area contributed by atoms with E-state index in [0.717, 1.165) is 25.9 Å². The van der Waals surface area contributed by atoms with Crippen LogP contribution in [0.25, 0.3) is 0 Å². The summed E-state index contributed by atoms with van der Waals surface area (Å²) in [4.78, 5) is 15.4. The summed E-state index contributed by atoms with van der Waals surface area (Å²) in [5.74, 6) is 0. The normalized spacial score (nSPS) is 15.6. The molecule has 3 aromatic rings. The Hall–Kier alpha value is -3.57. The Balaban J connectivity index is 1.74. The molecule has 5 nitrogen and oxygen atoms in total. The van der Waals surface area contributed by atoms with E-state index in [0.29, 0.717) is 29.8 Å². The molecule has 2 N–H and O–H groups in total. The Morgan fingerprint density at radius 1 is 0.800 bits per heavy atom. The molecule has 0 aliphatic carbocycles. The van der Waals surface area contributed by atoms with Crippen molar-refractivity contribution in [3.63, 3.8) is 0 Å². The number of halogens is 6. The third-order valence-corrected chi connectivity index (χ3v) is 7.01. The molecule has 1 aliphatic heterocycles. The van der Waals surface area contributed by atoms with E-state index in [-0.39, 0.29) is 6.07 Å². The van der Waals surface area contributed by atoms with Crippen LogP contribution in [0, 0.1) is 0 Å². The van der Waals surface area contributed by atoms with Gasteiger partial charge in [-0.25, -0.2) is 4.79 Å². The molecule has 3 aromatic carbocycles. The lowest BCUT2D eigenvalue weighted by Crippen LogP contribution is -2.58. The summed E-state index contributed by atoms with van der Waals surface area (Å²) in [5, 5.41) is 5.02. The molecule has 0 saturated carbocycles. The Bertz CT molecular complexity index is 1200. The molecule has 40 heavy (non-hydrogen) atoms. The van der Waals surface area contributed by atoms with Gasteiger partial charge in [-0.1, -0.05) is 60.7 Å². The van der Waals surface area contributed by atoms with Crippen molar-refractivity contribution >= 4 is 11.7 Å². The van der Waals surface area contributed by atoms with Crippen LogP contribution >= 0.6 is 0 Å². The predicted octanol–water partition coefficient (Wildman–Crippen LogP) is 6.90. The summed E-state index contributed by atoms with van der Waals surface area (Å²) in [6.07, 6.45) is -8.17. The SMILES string of the molecule is COC(c1ccccc1)(c1ccccc1)[C@@H](CN1CCCC1)NC(=O)Nc1cc(C(F)(F)F)cc(C(F)(F)F)c1. The molecule has 0 aromatic heterocycles. The summed E-state index contributed by atoms with van der Waals surface area (Å²) in [7, 11) is 1.50. The van der Waals surface area contributed by atoms with E-state index in [1.54, 1.807) is 0 Å². The predicted molar refractivity (Wildman–Crippen MR) is 139 cm³/mol. The largest absolute Gasteiger partial charge is 0.416 e. The van der Waals surface area contributed by atoms with Gasteiger partial charge in [-0.05, 0) is 55.3 Å². The number of anilines is 1. The van der Waals surface area contributed by atoms with Crippen LogP contribution in [0.5, 0.6) is 0 Å². The number of likely N-dealkylation sites (tertiary alicyclic amines) is 1. The van der Waals surface area contributed by atoms with Crippen molar-refractivity contribution in [2.45, 2.75) is 36.8 Å². The monoisotopic (exact) mass is 565 g/mol. The van der Waals surface area contributed by atoms with Gasteiger partial charge in [0.25, 0.3) is 0 Å². The van der Waals surface area contributed by atoms with Crippen molar-refractivity contribution < 1.29 is 35.9 Å². The van der Waals surface area contributed by atoms with Gasteiger partial charge in [0.05, 0.1) is 17.2 Å². The zero-order chi connectivity index (χ0) is 29.0. The highest BCUT2D eigenvalue weighted by atomic mass is 19.4. The molecule has 1 aliphatic rings. The Labute approximate surface area is 228 Å². The lowest BCUT2D eigenvalue weighted by atomic mass is 9.79. The molecular formula is C29H29F6N3O2. The average molecular weight is 566 g/mol. The van der Waals surface area contributed by atoms with Crippen molar-refractivity contribution in [2.75, 3.05) is 32.1 Å². The van der Waals surface area contributed by atoms with Crippen LogP contribution in [0.2, 0.25) is 0 Å². The number of alkyl halides is 6. The Kier molecular flexibility index (Phi) is 8.74. The first-order valence-electron chi connectivity index (χ1n) is 12.7. The van der Waals surface area contributed by atoms with Crippen molar-refractivity contribution in [2.24, 2.45) is 0 Å². The highest BCUT2D eigenvalue weighted by Gasteiger charge is 2.45. The van der Waals surface area contributed by atoms with E-state index in [4.69, 9.17) is 4.74 Å². The van der Waals surface area contributed by atoms with Gasteiger partial charge in [-0.15, -0.1) is 0 Å². The molecule has 0 unspecified atom stereocenters. The number of hydrogen-bond donors (Lipinski definition) is 2. The topological polar surface area (TPSA) is 53.6 Å². The lowest BCUT2D eigenvalue weighted by Gasteiger charge is -2.42. The lowest BCUT2D eigenvalue weighted by molar-refractivity contribution is -0.143. The zero-order valence-corrected chi connectivity index (χ0v) is 21.6. The number of amides is 2. The quantitative estimate of drug-likeness (QED) is 0.292. The number of carbonyl (C=O) groups excluding carboxylic acids is 1. The number of nitrogens with zero attached hydrogens (tertiary/aromatic N) is 1. The molecular weight excluding hydrogens is 536 g/mol. The minimum atomic E-state index is -5.04. The molecule has 0 radical (unpaired) electrons. The van der Waals surface area contributed by atoms with Gasteiger partial charge in [0.1, 0.15) is 5.60 Å². The second kappa shape index (κ2) is 11.9. The van der Waals surface area contributed by atoms with Gasteiger partial charge < -0.3 is 20.3 Å². The van der Waals surface area contributed by atoms with Gasteiger partial charge in [0, 0.05) is 19.3 Å². The molecule has 11 heteroatoms. The van der Waals surface area contributed by atoms with Gasteiger partial charge >= 0.3 is 18.4 Å². The van der Waals surface area contributed by atoms with E-state index in [1.165, 1.54) is 7.11 Å². The number of rotatable bonds is 8. The summed E-state index contributed by atoms with van der Waals surface area (Å²) >= 11 is 0. The van der Waals surface area contributed by atoms with Crippen LogP contribution in [-0.2, 0) is 22.7 Å². The first-order chi connectivity index (χ1) is 18.9. The molecule has 1 heterocycles. The molecule has 1 saturated heterocycles. The fourth-order valence-electron chi connectivity index (χ4n) is 5.17. The summed E-state index contributed by atoms with van der Waals surface area (Å²) in [6.45, 7) is 1.86. The van der Waals surface area contributed by atoms with Gasteiger partial charge in [0.15, 0.2) is 0 Å². The number of urea groups is 1. The number of benzene rings is 3. The second-order valence-corrected chi connectivity index (χ2v) is 9.63. The van der Waals surface area contributed by atoms with E-state index in [9.17, 15) is 31.1 Å². The molecule has 214 valence electrons. The second-order valence-electron chi connectivity index (χ2n) is 9.63. The van der Waals surface area contributed by atoms with Crippen LogP contribution in [0.1, 0.15) is 35.1 Å². The van der Waals surface area contributed by atoms with Gasteiger partial charge in [-0.2, -0.15) is 26.3 Å². The van der Waals surface area contributed by atoms with Crippen molar-refractivity contribution in [1.29, 1.82) is 0 Å². The van der Waals surface area contributed by atoms with Crippen molar-refractivity contribution in [3.05, 3.63) is 101 Å².